The molecule has 4 nitrogen and oxygen atoms in total. The predicted molar refractivity (Wildman–Crippen MR) is 86.9 cm³/mol. The van der Waals surface area contributed by atoms with Gasteiger partial charge in [0.2, 0.25) is 11.0 Å². The van der Waals surface area contributed by atoms with Crippen LogP contribution in [0, 0.1) is 5.92 Å². The van der Waals surface area contributed by atoms with Crippen molar-refractivity contribution in [2.75, 3.05) is 5.32 Å². The Kier molecular flexibility index (Phi) is 5.09. The normalized spacial score (nSPS) is 15.1. The molecule has 1 aliphatic carbocycles. The van der Waals surface area contributed by atoms with Crippen LogP contribution < -0.4 is 5.32 Å². The lowest BCUT2D eigenvalue weighted by atomic mass is 9.85. The number of nitrogens with one attached hydrogen (secondary N) is 1. The molecule has 24 heavy (non-hydrogen) atoms. The Morgan fingerprint density at radius 1 is 1.29 bits per heavy atom. The summed E-state index contributed by atoms with van der Waals surface area (Å²) in [7, 11) is 0. The third-order valence-corrected chi connectivity index (χ3v) is 5.81. The van der Waals surface area contributed by atoms with Gasteiger partial charge < -0.3 is 5.32 Å². The van der Waals surface area contributed by atoms with Gasteiger partial charge in [-0.15, -0.1) is 10.2 Å². The molecule has 3 rings (SSSR count). The highest BCUT2D eigenvalue weighted by Gasteiger charge is 2.32. The zero-order valence-electron chi connectivity index (χ0n) is 12.5. The first-order chi connectivity index (χ1) is 11.4. The van der Waals surface area contributed by atoms with Gasteiger partial charge >= 0.3 is 6.18 Å². The number of aromatic nitrogens is 2. The van der Waals surface area contributed by atoms with Crippen LogP contribution in [0.3, 0.4) is 0 Å². The fourth-order valence-electron chi connectivity index (χ4n) is 2.26. The number of anilines is 1. The van der Waals surface area contributed by atoms with Crippen molar-refractivity contribution in [3.8, 4) is 0 Å². The third-order valence-electron chi connectivity index (χ3n) is 3.79. The van der Waals surface area contributed by atoms with Crippen molar-refractivity contribution < 1.29 is 18.0 Å². The average molecular weight is 373 g/mol. The van der Waals surface area contributed by atoms with Gasteiger partial charge in [-0.3, -0.25) is 4.79 Å². The summed E-state index contributed by atoms with van der Waals surface area (Å²) in [6.45, 7) is 0. The summed E-state index contributed by atoms with van der Waals surface area (Å²) in [5, 5.41) is 10.9. The molecule has 1 N–H and O–H groups in total. The number of halogens is 3. The van der Waals surface area contributed by atoms with Crippen molar-refractivity contribution in [2.45, 2.75) is 35.5 Å². The number of carbonyl (C=O) groups excluding carboxylic acids is 1. The van der Waals surface area contributed by atoms with E-state index in [9.17, 15) is 18.0 Å². The maximum atomic E-state index is 13.0. The molecule has 0 radical (unpaired) electrons. The van der Waals surface area contributed by atoms with Crippen molar-refractivity contribution >= 4 is 34.1 Å². The lowest BCUT2D eigenvalue weighted by Crippen LogP contribution is -2.27. The second kappa shape index (κ2) is 7.10. The zero-order chi connectivity index (χ0) is 17.2. The summed E-state index contributed by atoms with van der Waals surface area (Å²) in [5.74, 6) is 0.126. The van der Waals surface area contributed by atoms with Gasteiger partial charge in [0.15, 0.2) is 4.34 Å². The van der Waals surface area contributed by atoms with Gasteiger partial charge in [-0.25, -0.2) is 0 Å². The van der Waals surface area contributed by atoms with E-state index in [1.54, 1.807) is 6.07 Å². The first-order valence-electron chi connectivity index (χ1n) is 7.36. The summed E-state index contributed by atoms with van der Waals surface area (Å²) in [6, 6.07) is 5.47. The zero-order valence-corrected chi connectivity index (χ0v) is 14.1. The molecule has 1 fully saturated rings. The molecule has 0 spiro atoms. The Morgan fingerprint density at radius 2 is 2.04 bits per heavy atom. The molecule has 0 atom stereocenters. The first kappa shape index (κ1) is 17.2. The maximum Gasteiger partial charge on any atom is 0.416 e. The van der Waals surface area contributed by atoms with Gasteiger partial charge in [-0.1, -0.05) is 47.7 Å². The fraction of sp³-hybridized carbons (Fsp3) is 0.400. The van der Waals surface area contributed by atoms with Crippen molar-refractivity contribution in [2.24, 2.45) is 5.92 Å². The Bertz CT molecular complexity index is 729. The van der Waals surface area contributed by atoms with Crippen LogP contribution in [0.5, 0.6) is 0 Å². The Hall–Kier alpha value is -1.61. The van der Waals surface area contributed by atoms with Crippen LogP contribution in [0.1, 0.15) is 30.4 Å². The smallest absolute Gasteiger partial charge is 0.300 e. The van der Waals surface area contributed by atoms with E-state index >= 15 is 0 Å². The van der Waals surface area contributed by atoms with E-state index in [4.69, 9.17) is 0 Å². The lowest BCUT2D eigenvalue weighted by Gasteiger charge is -2.23. The van der Waals surface area contributed by atoms with Gasteiger partial charge in [0.1, 0.15) is 0 Å². The van der Waals surface area contributed by atoms with Crippen LogP contribution in [-0.4, -0.2) is 16.1 Å². The van der Waals surface area contributed by atoms with Crippen molar-refractivity contribution in [3.05, 3.63) is 35.4 Å². The highest BCUT2D eigenvalue weighted by molar-refractivity contribution is 8.00. The van der Waals surface area contributed by atoms with Crippen LogP contribution in [0.15, 0.2) is 28.6 Å². The standard InChI is InChI=1S/C15H14F3N3OS2/c16-15(17,18)11-7-2-1-4-10(11)8-23-14-21-20-13(24-14)19-12(22)9-5-3-6-9/h1-2,4,7,9H,3,5-6,8H2,(H,19,20,22). The SMILES string of the molecule is O=C(Nc1nnc(SCc2ccccc2C(F)(F)F)s1)C1CCC1. The molecular weight excluding hydrogens is 359 g/mol. The number of hydrogen-bond acceptors (Lipinski definition) is 5. The molecule has 0 unspecified atom stereocenters. The average Bonchev–Trinajstić information content (AvgIpc) is 2.90. The maximum absolute atomic E-state index is 13.0. The minimum absolute atomic E-state index is 0.0451. The molecular formula is C15H14F3N3OS2. The number of hydrogen-bond donors (Lipinski definition) is 1. The minimum Gasteiger partial charge on any atom is -0.300 e. The number of benzene rings is 1. The number of thioether (sulfide) groups is 1. The Labute approximate surface area is 144 Å². The van der Waals surface area contributed by atoms with Crippen LogP contribution in [0.4, 0.5) is 18.3 Å². The number of alkyl halides is 3. The summed E-state index contributed by atoms with van der Waals surface area (Å²) in [5.41, 5.74) is -0.439. The molecule has 128 valence electrons. The topological polar surface area (TPSA) is 54.9 Å². The largest absolute Gasteiger partial charge is 0.416 e. The molecule has 9 heteroatoms. The Balaban J connectivity index is 1.61. The van der Waals surface area contributed by atoms with Gasteiger partial charge in [0.25, 0.3) is 0 Å². The van der Waals surface area contributed by atoms with Gasteiger partial charge in [0.05, 0.1) is 5.56 Å². The molecule has 1 aromatic carbocycles. The summed E-state index contributed by atoms with van der Waals surface area (Å²) < 4.78 is 39.4. The van der Waals surface area contributed by atoms with E-state index in [-0.39, 0.29) is 23.1 Å². The molecule has 1 aromatic heterocycles. The summed E-state index contributed by atoms with van der Waals surface area (Å²) >= 11 is 2.35. The van der Waals surface area contributed by atoms with Crippen LogP contribution in [-0.2, 0) is 16.7 Å². The van der Waals surface area contributed by atoms with E-state index in [2.05, 4.69) is 15.5 Å². The minimum atomic E-state index is -4.37. The Morgan fingerprint density at radius 3 is 2.71 bits per heavy atom. The van der Waals surface area contributed by atoms with Gasteiger partial charge in [-0.05, 0) is 24.5 Å². The summed E-state index contributed by atoms with van der Waals surface area (Å²) in [6.07, 6.45) is -1.53. The van der Waals surface area contributed by atoms with Crippen molar-refractivity contribution in [3.63, 3.8) is 0 Å². The molecule has 2 aromatic rings. The number of rotatable bonds is 5. The lowest BCUT2D eigenvalue weighted by molar-refractivity contribution is -0.138. The quantitative estimate of drug-likeness (QED) is 0.615. The molecule has 1 aliphatic rings. The molecule has 0 saturated heterocycles. The molecule has 0 aliphatic heterocycles. The molecule has 1 heterocycles. The second-order valence-corrected chi connectivity index (χ2v) is 7.63. The monoisotopic (exact) mass is 373 g/mol. The highest BCUT2D eigenvalue weighted by Crippen LogP contribution is 2.36. The molecule has 1 amide bonds. The molecule has 1 saturated carbocycles. The van der Waals surface area contributed by atoms with Crippen molar-refractivity contribution in [1.82, 2.24) is 10.2 Å². The van der Waals surface area contributed by atoms with Crippen LogP contribution >= 0.6 is 23.1 Å². The summed E-state index contributed by atoms with van der Waals surface area (Å²) in [4.78, 5) is 11.8. The van der Waals surface area contributed by atoms with Gasteiger partial charge in [0, 0.05) is 11.7 Å². The number of nitrogens with zero attached hydrogens (tertiary/aromatic N) is 2. The van der Waals surface area contributed by atoms with E-state index in [0.717, 1.165) is 25.3 Å². The van der Waals surface area contributed by atoms with E-state index < -0.39 is 11.7 Å². The highest BCUT2D eigenvalue weighted by atomic mass is 32.2. The van der Waals surface area contributed by atoms with E-state index in [0.29, 0.717) is 9.47 Å². The predicted octanol–water partition coefficient (Wildman–Crippen LogP) is 4.59. The fourth-order valence-corrected chi connectivity index (χ4v) is 4.02. The first-order valence-corrected chi connectivity index (χ1v) is 9.16. The molecule has 0 bridgehead atoms. The second-order valence-electron chi connectivity index (χ2n) is 5.43. The van der Waals surface area contributed by atoms with Crippen LogP contribution in [0.25, 0.3) is 0 Å². The van der Waals surface area contributed by atoms with Crippen molar-refractivity contribution in [1.29, 1.82) is 0 Å². The van der Waals surface area contributed by atoms with Crippen LogP contribution in [0.2, 0.25) is 0 Å². The van der Waals surface area contributed by atoms with E-state index in [1.807, 2.05) is 0 Å². The third kappa shape index (κ3) is 4.07. The van der Waals surface area contributed by atoms with E-state index in [1.165, 1.54) is 35.2 Å². The van der Waals surface area contributed by atoms with Gasteiger partial charge in [-0.2, -0.15) is 13.2 Å². The number of carbonyl (C=O) groups is 1. The number of amides is 1.